The minimum absolute atomic E-state index is 0.595. The third kappa shape index (κ3) is 4.90. The summed E-state index contributed by atoms with van der Waals surface area (Å²) in [6, 6.07) is 83.0. The van der Waals surface area contributed by atoms with Crippen LogP contribution in [0.25, 0.3) is 86.6 Å². The van der Waals surface area contributed by atoms with Gasteiger partial charge in [-0.2, -0.15) is 0 Å². The number of thiophene rings is 1. The van der Waals surface area contributed by atoms with Crippen LogP contribution in [0.4, 0.5) is 17.1 Å². The van der Waals surface area contributed by atoms with Gasteiger partial charge in [-0.1, -0.05) is 164 Å². The van der Waals surface area contributed by atoms with Gasteiger partial charge in [0.05, 0.1) is 16.5 Å². The Morgan fingerprint density at radius 2 is 0.922 bits per heavy atom. The molecule has 0 amide bonds. The zero-order chi connectivity index (χ0) is 41.9. The lowest BCUT2D eigenvalue weighted by atomic mass is 9.66. The maximum absolute atomic E-state index is 6.54. The van der Waals surface area contributed by atoms with Crippen LogP contribution in [-0.2, 0) is 5.41 Å². The van der Waals surface area contributed by atoms with Crippen molar-refractivity contribution in [3.8, 4) is 44.5 Å². The molecule has 0 saturated heterocycles. The van der Waals surface area contributed by atoms with E-state index in [0.29, 0.717) is 0 Å². The first-order chi connectivity index (χ1) is 31.7. The number of nitrogens with zero attached hydrogens (tertiary/aromatic N) is 1. The molecule has 12 aromatic rings. The van der Waals surface area contributed by atoms with E-state index in [4.69, 9.17) is 4.42 Å². The van der Waals surface area contributed by atoms with Crippen molar-refractivity contribution in [2.45, 2.75) is 5.41 Å². The Morgan fingerprint density at radius 1 is 0.344 bits per heavy atom. The lowest BCUT2D eigenvalue weighted by molar-refractivity contribution is 0.669. The normalized spacial score (nSPS) is 14.6. The maximum atomic E-state index is 6.54. The second-order valence-corrected chi connectivity index (χ2v) is 18.2. The summed E-state index contributed by atoms with van der Waals surface area (Å²) in [4.78, 5) is 2.43. The van der Waals surface area contributed by atoms with Crippen molar-refractivity contribution >= 4 is 70.5 Å². The Bertz CT molecular complexity index is 3860. The molecule has 0 aliphatic heterocycles. The molecule has 298 valence electrons. The summed E-state index contributed by atoms with van der Waals surface area (Å²) in [5.74, 6) is 0. The first-order valence-corrected chi connectivity index (χ1v) is 22.8. The van der Waals surface area contributed by atoms with Gasteiger partial charge in [0.15, 0.2) is 0 Å². The summed E-state index contributed by atoms with van der Waals surface area (Å²) in [7, 11) is 0. The molecule has 0 fully saturated rings. The summed E-state index contributed by atoms with van der Waals surface area (Å²) in [6.45, 7) is 0. The van der Waals surface area contributed by atoms with Crippen LogP contribution < -0.4 is 4.90 Å². The van der Waals surface area contributed by atoms with E-state index in [-0.39, 0.29) is 0 Å². The van der Waals surface area contributed by atoms with Gasteiger partial charge in [0, 0.05) is 36.9 Å². The molecular weight excluding hydrogens is 795 g/mol. The molecule has 1 unspecified atom stereocenters. The number of hydrogen-bond donors (Lipinski definition) is 0. The quantitative estimate of drug-likeness (QED) is 0.176. The second-order valence-electron chi connectivity index (χ2n) is 17.1. The van der Waals surface area contributed by atoms with Gasteiger partial charge in [-0.25, -0.2) is 0 Å². The van der Waals surface area contributed by atoms with Crippen LogP contribution in [0.5, 0.6) is 0 Å². The van der Waals surface area contributed by atoms with E-state index in [1.54, 1.807) is 0 Å². The highest BCUT2D eigenvalue weighted by Gasteiger charge is 2.50. The Kier molecular flexibility index (Phi) is 7.51. The molecule has 2 heterocycles. The van der Waals surface area contributed by atoms with E-state index in [1.807, 2.05) is 17.4 Å². The Morgan fingerprint density at radius 3 is 1.72 bits per heavy atom. The molecule has 0 bridgehead atoms. The third-order valence-electron chi connectivity index (χ3n) is 13.9. The lowest BCUT2D eigenvalue weighted by Gasteiger charge is -2.36. The minimum atomic E-state index is -0.595. The van der Waals surface area contributed by atoms with Crippen molar-refractivity contribution in [3.05, 3.63) is 247 Å². The summed E-state index contributed by atoms with van der Waals surface area (Å²) in [5, 5.41) is 4.83. The molecule has 1 spiro atoms. The van der Waals surface area contributed by atoms with Crippen LogP contribution in [0.1, 0.15) is 22.3 Å². The van der Waals surface area contributed by atoms with Gasteiger partial charge in [0.1, 0.15) is 11.2 Å². The summed E-state index contributed by atoms with van der Waals surface area (Å²) in [6.07, 6.45) is 0. The fourth-order valence-corrected chi connectivity index (χ4v) is 12.4. The largest absolute Gasteiger partial charge is 0.456 e. The summed E-state index contributed by atoms with van der Waals surface area (Å²) in [5.41, 5.74) is 19.5. The number of anilines is 3. The number of fused-ring (bicyclic) bond motifs is 18. The fourth-order valence-electron chi connectivity index (χ4n) is 11.2. The van der Waals surface area contributed by atoms with E-state index < -0.39 is 5.41 Å². The number of rotatable bonds is 4. The standard InChI is InChI=1S/C61H37NOS/c1-2-15-38(16-3-1)39-29-31-40(32-30-39)62(55-25-14-27-57-60(55)47-22-8-12-26-56(47)63-57)41-33-34-53-48(35-41)43-18-5-4-17-42(43)44-19-6-10-23-51(44)61(53)52-24-11-7-20-45(52)49-36-50-46-21-9-13-28-58(46)64-59(50)37-54(49)61/h1-37H. The summed E-state index contributed by atoms with van der Waals surface area (Å²) >= 11 is 1.90. The van der Waals surface area contributed by atoms with E-state index in [9.17, 15) is 0 Å². The SMILES string of the molecule is c1ccc(-c2ccc(N(c3ccc4c(c3)-c3ccccc3-c3ccccc3C43c4ccccc4-c4cc5c(cc43)sc3ccccc35)c3cccc4oc5ccccc5c34)cc2)cc1. The molecule has 10 aromatic carbocycles. The molecule has 0 radical (unpaired) electrons. The number of benzene rings is 10. The molecule has 0 N–H and O–H groups in total. The molecule has 0 saturated carbocycles. The number of para-hydroxylation sites is 1. The van der Waals surface area contributed by atoms with E-state index >= 15 is 0 Å². The number of hydrogen-bond acceptors (Lipinski definition) is 3. The predicted molar refractivity (Wildman–Crippen MR) is 268 cm³/mol. The average Bonchev–Trinajstić information content (AvgIpc) is 4.00. The van der Waals surface area contributed by atoms with Crippen LogP contribution >= 0.6 is 11.3 Å². The van der Waals surface area contributed by atoms with Crippen molar-refractivity contribution in [2.24, 2.45) is 0 Å². The van der Waals surface area contributed by atoms with Gasteiger partial charge in [0.25, 0.3) is 0 Å². The van der Waals surface area contributed by atoms with E-state index in [2.05, 4.69) is 223 Å². The van der Waals surface area contributed by atoms with Crippen LogP contribution in [0.15, 0.2) is 229 Å². The zero-order valence-electron chi connectivity index (χ0n) is 34.6. The van der Waals surface area contributed by atoms with E-state index in [0.717, 1.165) is 39.0 Å². The Balaban J connectivity index is 1.08. The van der Waals surface area contributed by atoms with Gasteiger partial charge in [-0.05, 0) is 127 Å². The van der Waals surface area contributed by atoms with Crippen molar-refractivity contribution in [2.75, 3.05) is 4.90 Å². The van der Waals surface area contributed by atoms with Crippen molar-refractivity contribution in [1.29, 1.82) is 0 Å². The predicted octanol–water partition coefficient (Wildman–Crippen LogP) is 17.1. The van der Waals surface area contributed by atoms with Gasteiger partial charge < -0.3 is 9.32 Å². The molecule has 1 atom stereocenters. The van der Waals surface area contributed by atoms with Crippen molar-refractivity contribution in [1.82, 2.24) is 0 Å². The Labute approximate surface area is 374 Å². The zero-order valence-corrected chi connectivity index (χ0v) is 35.4. The molecule has 2 aliphatic rings. The Hall–Kier alpha value is -7.98. The molecule has 14 rings (SSSR count). The van der Waals surface area contributed by atoms with Crippen molar-refractivity contribution < 1.29 is 4.42 Å². The van der Waals surface area contributed by atoms with Gasteiger partial charge in [0.2, 0.25) is 0 Å². The highest BCUT2D eigenvalue weighted by atomic mass is 32.1. The van der Waals surface area contributed by atoms with Crippen LogP contribution in [0.3, 0.4) is 0 Å². The average molecular weight is 832 g/mol. The summed E-state index contributed by atoms with van der Waals surface area (Å²) < 4.78 is 9.17. The first kappa shape index (κ1) is 35.6. The monoisotopic (exact) mass is 831 g/mol. The molecule has 2 nitrogen and oxygen atoms in total. The molecule has 2 aliphatic carbocycles. The van der Waals surface area contributed by atoms with E-state index in [1.165, 1.54) is 86.9 Å². The van der Waals surface area contributed by atoms with Gasteiger partial charge >= 0.3 is 0 Å². The highest BCUT2D eigenvalue weighted by Crippen LogP contribution is 2.63. The maximum Gasteiger partial charge on any atom is 0.137 e. The van der Waals surface area contributed by atoms with Crippen LogP contribution in [0, 0.1) is 0 Å². The number of furan rings is 1. The molecule has 3 heteroatoms. The third-order valence-corrected chi connectivity index (χ3v) is 15.0. The van der Waals surface area contributed by atoms with Gasteiger partial charge in [-0.15, -0.1) is 11.3 Å². The second kappa shape index (κ2) is 13.5. The van der Waals surface area contributed by atoms with Crippen LogP contribution in [0.2, 0.25) is 0 Å². The smallest absolute Gasteiger partial charge is 0.137 e. The minimum Gasteiger partial charge on any atom is -0.456 e. The van der Waals surface area contributed by atoms with Crippen LogP contribution in [-0.4, -0.2) is 0 Å². The van der Waals surface area contributed by atoms with Gasteiger partial charge in [-0.3, -0.25) is 0 Å². The fraction of sp³-hybridized carbons (Fsp3) is 0.0164. The molecular formula is C61H37NOS. The van der Waals surface area contributed by atoms with Crippen molar-refractivity contribution in [3.63, 3.8) is 0 Å². The lowest BCUT2D eigenvalue weighted by Crippen LogP contribution is -2.29. The molecule has 64 heavy (non-hydrogen) atoms. The first-order valence-electron chi connectivity index (χ1n) is 22.0. The topological polar surface area (TPSA) is 16.4 Å². The molecule has 2 aromatic heterocycles. The highest BCUT2D eigenvalue weighted by molar-refractivity contribution is 7.25.